The number of nitrogens with zero attached hydrogens (tertiary/aromatic N) is 2. The third kappa shape index (κ3) is 4.97. The van der Waals surface area contributed by atoms with Crippen LogP contribution in [0.25, 0.3) is 5.57 Å². The number of nitrogens with one attached hydrogen (secondary N) is 1. The molecule has 0 bridgehead atoms. The molecule has 8 heteroatoms. The van der Waals surface area contributed by atoms with Crippen LogP contribution < -0.4 is 5.32 Å². The van der Waals surface area contributed by atoms with E-state index < -0.39 is 16.7 Å². The average Bonchev–Trinajstić information content (AvgIpc) is 2.94. The molecule has 0 fully saturated rings. The molecular formula is C23H25N3O5. The van der Waals surface area contributed by atoms with Crippen LogP contribution in [0.15, 0.2) is 48.2 Å². The van der Waals surface area contributed by atoms with Gasteiger partial charge in [-0.15, -0.1) is 0 Å². The Balaban J connectivity index is 1.98. The first-order valence-corrected chi connectivity index (χ1v) is 10.1. The molecule has 2 aromatic rings. The summed E-state index contributed by atoms with van der Waals surface area (Å²) in [4.78, 5) is 38.0. The Bertz CT molecular complexity index is 1020. The number of imide groups is 1. The maximum Gasteiger partial charge on any atom is 0.278 e. The van der Waals surface area contributed by atoms with Crippen molar-refractivity contribution in [3.63, 3.8) is 0 Å². The zero-order valence-corrected chi connectivity index (χ0v) is 17.8. The number of ether oxygens (including phenoxy) is 1. The van der Waals surface area contributed by atoms with Gasteiger partial charge in [-0.2, -0.15) is 0 Å². The quantitative estimate of drug-likeness (QED) is 0.285. The summed E-state index contributed by atoms with van der Waals surface area (Å²) in [5.74, 6) is -0.851. The molecule has 0 radical (unpaired) electrons. The number of benzene rings is 2. The largest absolute Gasteiger partial charge is 0.382 e. The van der Waals surface area contributed by atoms with E-state index in [4.69, 9.17) is 4.74 Å². The number of anilines is 1. The van der Waals surface area contributed by atoms with Gasteiger partial charge in [0.1, 0.15) is 5.70 Å². The highest BCUT2D eigenvalue weighted by Crippen LogP contribution is 2.32. The predicted octanol–water partition coefficient (Wildman–Crippen LogP) is 3.83. The zero-order chi connectivity index (χ0) is 22.5. The van der Waals surface area contributed by atoms with Gasteiger partial charge in [-0.1, -0.05) is 6.07 Å². The van der Waals surface area contributed by atoms with Crippen molar-refractivity contribution >= 4 is 28.8 Å². The van der Waals surface area contributed by atoms with Gasteiger partial charge in [-0.05, 0) is 68.1 Å². The van der Waals surface area contributed by atoms with Crippen LogP contribution in [0.4, 0.5) is 11.4 Å². The van der Waals surface area contributed by atoms with Crippen molar-refractivity contribution in [3.05, 3.63) is 75.0 Å². The maximum atomic E-state index is 13.2. The molecular weight excluding hydrogens is 398 g/mol. The predicted molar refractivity (Wildman–Crippen MR) is 117 cm³/mol. The number of nitro groups is 1. The molecule has 1 N–H and O–H groups in total. The van der Waals surface area contributed by atoms with Crippen LogP contribution in [0.5, 0.6) is 0 Å². The fraction of sp³-hybridized carbons (Fsp3) is 0.304. The Morgan fingerprint density at radius 3 is 2.26 bits per heavy atom. The van der Waals surface area contributed by atoms with Crippen LogP contribution in [0.1, 0.15) is 30.0 Å². The van der Waals surface area contributed by atoms with E-state index in [1.165, 1.54) is 29.2 Å². The first-order valence-electron chi connectivity index (χ1n) is 10.1. The number of rotatable bonds is 9. The molecule has 0 saturated heterocycles. The molecule has 1 aliphatic rings. The minimum Gasteiger partial charge on any atom is -0.382 e. The van der Waals surface area contributed by atoms with E-state index in [0.29, 0.717) is 30.9 Å². The highest BCUT2D eigenvalue weighted by Gasteiger charge is 2.39. The Kier molecular flexibility index (Phi) is 6.81. The molecule has 2 amide bonds. The van der Waals surface area contributed by atoms with Crippen molar-refractivity contribution < 1.29 is 19.2 Å². The fourth-order valence-corrected chi connectivity index (χ4v) is 3.57. The summed E-state index contributed by atoms with van der Waals surface area (Å²) in [7, 11) is 0. The molecule has 1 heterocycles. The molecule has 0 aromatic heterocycles. The van der Waals surface area contributed by atoms with Crippen molar-refractivity contribution in [2.45, 2.75) is 27.2 Å². The molecule has 3 rings (SSSR count). The van der Waals surface area contributed by atoms with Crippen molar-refractivity contribution in [2.24, 2.45) is 0 Å². The number of carbonyl (C=O) groups is 2. The summed E-state index contributed by atoms with van der Waals surface area (Å²) in [5, 5.41) is 14.1. The van der Waals surface area contributed by atoms with Crippen molar-refractivity contribution in [1.82, 2.24) is 4.90 Å². The molecule has 0 aliphatic carbocycles. The average molecular weight is 423 g/mol. The molecule has 0 saturated carbocycles. The Hall–Kier alpha value is -3.52. The van der Waals surface area contributed by atoms with Crippen LogP contribution >= 0.6 is 0 Å². The van der Waals surface area contributed by atoms with Crippen LogP contribution in [-0.2, 0) is 14.3 Å². The number of hydrogen-bond donors (Lipinski definition) is 1. The molecule has 2 aromatic carbocycles. The number of aryl methyl sites for hydroxylation is 2. The highest BCUT2D eigenvalue weighted by atomic mass is 16.6. The second-order valence-corrected chi connectivity index (χ2v) is 7.37. The molecule has 0 unspecified atom stereocenters. The van der Waals surface area contributed by atoms with Gasteiger partial charge in [0.15, 0.2) is 0 Å². The Morgan fingerprint density at radius 2 is 1.68 bits per heavy atom. The first-order chi connectivity index (χ1) is 14.8. The molecule has 162 valence electrons. The second kappa shape index (κ2) is 9.53. The van der Waals surface area contributed by atoms with Gasteiger partial charge >= 0.3 is 0 Å². The van der Waals surface area contributed by atoms with Crippen LogP contribution in [0, 0.1) is 24.0 Å². The third-order valence-electron chi connectivity index (χ3n) is 4.90. The van der Waals surface area contributed by atoms with Gasteiger partial charge in [-0.3, -0.25) is 24.6 Å². The van der Waals surface area contributed by atoms with Crippen molar-refractivity contribution in [2.75, 3.05) is 25.1 Å². The van der Waals surface area contributed by atoms with E-state index in [-0.39, 0.29) is 23.5 Å². The minimum absolute atomic E-state index is 0.0847. The summed E-state index contributed by atoms with van der Waals surface area (Å²) in [6.45, 7) is 7.02. The maximum absolute atomic E-state index is 13.2. The Morgan fingerprint density at radius 1 is 1.03 bits per heavy atom. The molecule has 0 atom stereocenters. The fourth-order valence-electron chi connectivity index (χ4n) is 3.57. The topological polar surface area (TPSA) is 102 Å². The smallest absolute Gasteiger partial charge is 0.278 e. The molecule has 1 aliphatic heterocycles. The summed E-state index contributed by atoms with van der Waals surface area (Å²) < 4.78 is 5.32. The van der Waals surface area contributed by atoms with E-state index in [1.807, 2.05) is 39.0 Å². The summed E-state index contributed by atoms with van der Waals surface area (Å²) in [6.07, 6.45) is 0.524. The summed E-state index contributed by atoms with van der Waals surface area (Å²) >= 11 is 0. The van der Waals surface area contributed by atoms with E-state index in [2.05, 4.69) is 5.32 Å². The Labute approximate surface area is 180 Å². The third-order valence-corrected chi connectivity index (χ3v) is 4.90. The van der Waals surface area contributed by atoms with Gasteiger partial charge in [0.25, 0.3) is 17.5 Å². The first kappa shape index (κ1) is 22.2. The van der Waals surface area contributed by atoms with Crippen LogP contribution in [-0.4, -0.2) is 41.4 Å². The van der Waals surface area contributed by atoms with Gasteiger partial charge in [-0.25, -0.2) is 0 Å². The highest BCUT2D eigenvalue weighted by molar-refractivity contribution is 6.36. The monoisotopic (exact) mass is 423 g/mol. The van der Waals surface area contributed by atoms with Gasteiger partial charge in [0.05, 0.1) is 10.5 Å². The lowest BCUT2D eigenvalue weighted by Crippen LogP contribution is -2.34. The standard InChI is InChI=1S/C23H25N3O5/c1-4-31-11-5-10-25-22(27)20(17-6-8-19(9-7-17)26(29)30)21(23(25)28)24-18-13-15(2)12-16(3)14-18/h6-9,12-14,24H,4-5,10-11H2,1-3H3. The van der Waals surface area contributed by atoms with Crippen molar-refractivity contribution in [3.8, 4) is 0 Å². The lowest BCUT2D eigenvalue weighted by molar-refractivity contribution is -0.384. The van der Waals surface area contributed by atoms with Crippen LogP contribution in [0.2, 0.25) is 0 Å². The minimum atomic E-state index is -0.505. The van der Waals surface area contributed by atoms with Crippen molar-refractivity contribution in [1.29, 1.82) is 0 Å². The summed E-state index contributed by atoms with van der Waals surface area (Å²) in [5.41, 5.74) is 3.47. The molecule has 8 nitrogen and oxygen atoms in total. The van der Waals surface area contributed by atoms with Crippen LogP contribution in [0.3, 0.4) is 0 Å². The van der Waals surface area contributed by atoms with Gasteiger partial charge in [0.2, 0.25) is 0 Å². The van der Waals surface area contributed by atoms with Gasteiger partial charge < -0.3 is 10.1 Å². The number of amides is 2. The van der Waals surface area contributed by atoms with E-state index >= 15 is 0 Å². The van der Waals surface area contributed by atoms with E-state index in [1.54, 1.807) is 0 Å². The number of hydrogen-bond acceptors (Lipinski definition) is 6. The molecule has 0 spiro atoms. The van der Waals surface area contributed by atoms with E-state index in [0.717, 1.165) is 11.1 Å². The molecule has 31 heavy (non-hydrogen) atoms. The second-order valence-electron chi connectivity index (χ2n) is 7.37. The lowest BCUT2D eigenvalue weighted by atomic mass is 10.0. The SMILES string of the molecule is CCOCCCN1C(=O)C(Nc2cc(C)cc(C)c2)=C(c2ccc([N+](=O)[O-])cc2)C1=O. The summed E-state index contributed by atoms with van der Waals surface area (Å²) in [6, 6.07) is 11.4. The number of nitro benzene ring substituents is 1. The van der Waals surface area contributed by atoms with E-state index in [9.17, 15) is 19.7 Å². The van der Waals surface area contributed by atoms with Gasteiger partial charge in [0, 0.05) is 37.6 Å². The zero-order valence-electron chi connectivity index (χ0n) is 17.8. The number of carbonyl (C=O) groups excluding carboxylic acids is 2. The normalized spacial score (nSPS) is 13.8. The number of non-ortho nitro benzene ring substituents is 1. The lowest BCUT2D eigenvalue weighted by Gasteiger charge is -2.15.